The van der Waals surface area contributed by atoms with E-state index in [-0.39, 0.29) is 55.6 Å². The summed E-state index contributed by atoms with van der Waals surface area (Å²) in [5.41, 5.74) is 15.4. The largest absolute Gasteiger partial charge is 0.368 e. The number of hydrogen-bond donors (Lipinski definition) is 3. The van der Waals surface area contributed by atoms with E-state index in [1.54, 1.807) is 0 Å². The minimum Gasteiger partial charge on any atom is -0.368 e. The van der Waals surface area contributed by atoms with Crippen LogP contribution in [0.1, 0.15) is 0 Å². The second-order valence-corrected chi connectivity index (χ2v) is 1.41. The summed E-state index contributed by atoms with van der Waals surface area (Å²) in [5, 5.41) is 0. The molecule has 1 aromatic rings. The molecule has 6 nitrogen and oxygen atoms in total. The molecule has 1 heterocycles. The molecule has 1 rings (SSSR count). The van der Waals surface area contributed by atoms with E-state index in [2.05, 4.69) is 15.0 Å². The SMILES string of the molecule is Nc1nc(N)nc(N)n1.[Ca]. The monoisotopic (exact) mass is 166 g/mol. The van der Waals surface area contributed by atoms with Crippen LogP contribution in [0.2, 0.25) is 0 Å². The summed E-state index contributed by atoms with van der Waals surface area (Å²) >= 11 is 0. The van der Waals surface area contributed by atoms with Gasteiger partial charge in [-0.2, -0.15) is 15.0 Å². The molecule has 10 heavy (non-hydrogen) atoms. The van der Waals surface area contributed by atoms with Gasteiger partial charge in [-0.3, -0.25) is 0 Å². The first-order chi connectivity index (χ1) is 4.18. The van der Waals surface area contributed by atoms with Crippen molar-refractivity contribution in [3.63, 3.8) is 0 Å². The molecule has 0 spiro atoms. The summed E-state index contributed by atoms with van der Waals surface area (Å²) in [6.07, 6.45) is 0. The van der Waals surface area contributed by atoms with Crippen LogP contribution in [0.3, 0.4) is 0 Å². The third-order valence-corrected chi connectivity index (χ3v) is 0.687. The van der Waals surface area contributed by atoms with Crippen molar-refractivity contribution >= 4 is 55.6 Å². The Bertz CT molecular complexity index is 174. The third kappa shape index (κ3) is 2.51. The summed E-state index contributed by atoms with van der Waals surface area (Å²) in [6.45, 7) is 0. The predicted octanol–water partition coefficient (Wildman–Crippen LogP) is -1.76. The minimum atomic E-state index is 0. The maximum Gasteiger partial charge on any atom is 0.226 e. The Morgan fingerprint density at radius 3 is 1.10 bits per heavy atom. The van der Waals surface area contributed by atoms with Gasteiger partial charge in [0, 0.05) is 37.7 Å². The molecule has 0 aliphatic rings. The fraction of sp³-hybridized carbons (Fsp3) is 0. The van der Waals surface area contributed by atoms with Crippen LogP contribution in [0.5, 0.6) is 0 Å². The molecule has 2 radical (unpaired) electrons. The quantitative estimate of drug-likeness (QED) is 0.393. The van der Waals surface area contributed by atoms with Gasteiger partial charge in [0.15, 0.2) is 0 Å². The van der Waals surface area contributed by atoms with Crippen LogP contribution in [0.4, 0.5) is 17.8 Å². The van der Waals surface area contributed by atoms with Crippen LogP contribution in [0.25, 0.3) is 0 Å². The molecule has 0 aromatic carbocycles. The predicted molar refractivity (Wildman–Crippen MR) is 38.8 cm³/mol. The minimum absolute atomic E-state index is 0. The van der Waals surface area contributed by atoms with Gasteiger partial charge in [0.25, 0.3) is 0 Å². The van der Waals surface area contributed by atoms with E-state index >= 15 is 0 Å². The van der Waals surface area contributed by atoms with E-state index < -0.39 is 0 Å². The zero-order chi connectivity index (χ0) is 6.85. The average Bonchev–Trinajstić information content (AvgIpc) is 1.59. The summed E-state index contributed by atoms with van der Waals surface area (Å²) < 4.78 is 0. The van der Waals surface area contributed by atoms with Crippen LogP contribution in [0.15, 0.2) is 0 Å². The second-order valence-electron chi connectivity index (χ2n) is 1.41. The number of nitrogens with zero attached hydrogens (tertiary/aromatic N) is 3. The van der Waals surface area contributed by atoms with Gasteiger partial charge in [0.2, 0.25) is 17.8 Å². The van der Waals surface area contributed by atoms with Crippen molar-refractivity contribution in [2.45, 2.75) is 0 Å². The summed E-state index contributed by atoms with van der Waals surface area (Å²) in [4.78, 5) is 10.5. The van der Waals surface area contributed by atoms with Gasteiger partial charge in [-0.25, -0.2) is 0 Å². The van der Waals surface area contributed by atoms with Crippen molar-refractivity contribution < 1.29 is 0 Å². The van der Waals surface area contributed by atoms with Gasteiger partial charge >= 0.3 is 0 Å². The summed E-state index contributed by atoms with van der Waals surface area (Å²) in [6, 6.07) is 0. The van der Waals surface area contributed by atoms with Gasteiger partial charge in [-0.05, 0) is 0 Å². The maximum absolute atomic E-state index is 5.14. The first kappa shape index (κ1) is 9.67. The molecule has 0 aliphatic heterocycles. The molecule has 1 aromatic heterocycles. The fourth-order valence-electron chi connectivity index (χ4n) is 0.427. The Hall–Kier alpha value is -0.330. The van der Waals surface area contributed by atoms with Crippen molar-refractivity contribution in [3.8, 4) is 0 Å². The first-order valence-electron chi connectivity index (χ1n) is 2.21. The van der Waals surface area contributed by atoms with E-state index in [0.29, 0.717) is 0 Å². The molecule has 0 fully saturated rings. The summed E-state index contributed by atoms with van der Waals surface area (Å²) in [5.74, 6) is 0.125. The molecule has 0 unspecified atom stereocenters. The Kier molecular flexibility index (Phi) is 3.62. The van der Waals surface area contributed by atoms with Crippen molar-refractivity contribution in [2.24, 2.45) is 0 Å². The van der Waals surface area contributed by atoms with E-state index in [9.17, 15) is 0 Å². The van der Waals surface area contributed by atoms with Crippen LogP contribution in [0, 0.1) is 0 Å². The molecule has 6 N–H and O–H groups in total. The molecular weight excluding hydrogens is 160 g/mol. The first-order valence-corrected chi connectivity index (χ1v) is 2.21. The van der Waals surface area contributed by atoms with Gasteiger partial charge in [0.1, 0.15) is 0 Å². The van der Waals surface area contributed by atoms with Gasteiger partial charge in [0.05, 0.1) is 0 Å². The van der Waals surface area contributed by atoms with E-state index in [1.807, 2.05) is 0 Å². The van der Waals surface area contributed by atoms with Gasteiger partial charge in [-0.1, -0.05) is 0 Å². The standard InChI is InChI=1S/C3H6N6.Ca/c4-1-7-2(5)9-3(6)8-1;/h(H6,4,5,6,7,8,9);. The molecule has 0 bridgehead atoms. The molecule has 0 atom stereocenters. The molecular formula is C3H6CaN6. The Labute approximate surface area is 87.2 Å². The van der Waals surface area contributed by atoms with Crippen LogP contribution < -0.4 is 17.2 Å². The third-order valence-electron chi connectivity index (χ3n) is 0.687. The average molecular weight is 166 g/mol. The maximum atomic E-state index is 5.14. The molecule has 0 saturated carbocycles. The Morgan fingerprint density at radius 2 is 0.900 bits per heavy atom. The Balaban J connectivity index is 0.000000810. The van der Waals surface area contributed by atoms with E-state index in [0.717, 1.165) is 0 Å². The second kappa shape index (κ2) is 3.74. The zero-order valence-corrected chi connectivity index (χ0v) is 7.49. The van der Waals surface area contributed by atoms with Gasteiger partial charge in [-0.15, -0.1) is 0 Å². The van der Waals surface area contributed by atoms with Crippen molar-refractivity contribution in [1.82, 2.24) is 15.0 Å². The number of nitrogen functional groups attached to an aromatic ring is 3. The van der Waals surface area contributed by atoms with Crippen molar-refractivity contribution in [2.75, 3.05) is 17.2 Å². The fourth-order valence-corrected chi connectivity index (χ4v) is 0.427. The molecule has 7 heteroatoms. The van der Waals surface area contributed by atoms with Crippen LogP contribution in [-0.2, 0) is 0 Å². The van der Waals surface area contributed by atoms with E-state index in [1.165, 1.54) is 0 Å². The normalized spacial score (nSPS) is 8.40. The topological polar surface area (TPSA) is 117 Å². The molecule has 0 amide bonds. The van der Waals surface area contributed by atoms with Crippen LogP contribution in [-0.4, -0.2) is 52.7 Å². The number of hydrogen-bond acceptors (Lipinski definition) is 6. The zero-order valence-electron chi connectivity index (χ0n) is 5.28. The molecule has 0 aliphatic carbocycles. The molecule has 50 valence electrons. The smallest absolute Gasteiger partial charge is 0.226 e. The summed E-state index contributed by atoms with van der Waals surface area (Å²) in [7, 11) is 0. The van der Waals surface area contributed by atoms with Crippen molar-refractivity contribution in [1.29, 1.82) is 0 Å². The number of aromatic nitrogens is 3. The number of anilines is 3. The van der Waals surface area contributed by atoms with Crippen LogP contribution >= 0.6 is 0 Å². The molecule has 0 saturated heterocycles. The van der Waals surface area contributed by atoms with Gasteiger partial charge < -0.3 is 17.2 Å². The number of rotatable bonds is 0. The van der Waals surface area contributed by atoms with E-state index in [4.69, 9.17) is 17.2 Å². The number of nitrogens with two attached hydrogens (primary N) is 3. The Morgan fingerprint density at radius 1 is 0.700 bits per heavy atom. The van der Waals surface area contributed by atoms with Crippen molar-refractivity contribution in [3.05, 3.63) is 0 Å².